The van der Waals surface area contributed by atoms with E-state index in [0.717, 1.165) is 11.3 Å². The predicted molar refractivity (Wildman–Crippen MR) is 98.1 cm³/mol. The third-order valence-corrected chi connectivity index (χ3v) is 5.50. The number of aliphatic carboxylic acids is 1. The molecule has 26 heavy (non-hydrogen) atoms. The average molecular weight is 420 g/mol. The number of anilines is 1. The quantitative estimate of drug-likeness (QED) is 0.339. The molecule has 140 valence electrons. The number of rotatable bonds is 5. The number of carbonyl (C=O) groups is 3. The molecule has 1 aromatic rings. The number of nitrogen functional groups attached to an aromatic ring is 1. The lowest BCUT2D eigenvalue weighted by Gasteiger charge is -2.46. The molecule has 0 aliphatic carbocycles. The number of carboxylic acids is 1. The van der Waals surface area contributed by atoms with Gasteiger partial charge in [0.15, 0.2) is 10.8 Å². The fourth-order valence-electron chi connectivity index (χ4n) is 2.33. The summed E-state index contributed by atoms with van der Waals surface area (Å²) in [7, 11) is 1.29. The molecule has 0 bridgehead atoms. The summed E-state index contributed by atoms with van der Waals surface area (Å²) < 4.78 is 0. The van der Waals surface area contributed by atoms with Crippen LogP contribution in [0.25, 0.3) is 0 Å². The molecule has 4 N–H and O–H groups in total. The molecule has 1 saturated heterocycles. The number of thiazole rings is 1. The number of amides is 2. The Bertz CT molecular complexity index is 811. The minimum Gasteiger partial charge on any atom is -0.478 e. The maximum atomic E-state index is 12.5. The Morgan fingerprint density at radius 1 is 1.54 bits per heavy atom. The summed E-state index contributed by atoms with van der Waals surface area (Å²) in [6.45, 7) is 0. The van der Waals surface area contributed by atoms with E-state index in [0.29, 0.717) is 0 Å². The molecule has 2 amide bonds. The van der Waals surface area contributed by atoms with Gasteiger partial charge in [-0.1, -0.05) is 5.16 Å². The fraction of sp³-hybridized carbons (Fsp3) is 0.308. The van der Waals surface area contributed by atoms with Gasteiger partial charge in [-0.2, -0.15) is 0 Å². The Labute approximate surface area is 161 Å². The van der Waals surface area contributed by atoms with Crippen LogP contribution in [0, 0.1) is 0 Å². The molecule has 1 fully saturated rings. The van der Waals surface area contributed by atoms with Crippen LogP contribution in [0.1, 0.15) is 5.69 Å². The summed E-state index contributed by atoms with van der Waals surface area (Å²) in [6, 6.07) is -0.776. The van der Waals surface area contributed by atoms with E-state index in [4.69, 9.17) is 10.8 Å². The average Bonchev–Trinajstić information content (AvgIpc) is 3.02. The van der Waals surface area contributed by atoms with Crippen LogP contribution in [0.5, 0.6) is 0 Å². The molecule has 2 aliphatic heterocycles. The standard InChI is InChI=1S/C13H13N5O5S2.ClH/c1-23-17-7(6-4-25-13(14)15-6)9(19)16-8-10(20)18-2-5(12(21)22)3-24-11(8)18;/h2,4,8,11H,3H2,1H3,(H2,14,15)(H,16,19)(H,21,22);1H/t8?,11-;/m1./s1. The number of hydrogen-bond acceptors (Lipinski definition) is 9. The molecule has 10 nitrogen and oxygen atoms in total. The number of β-lactam (4-membered cyclic amide) rings is 1. The number of carboxylic acid groups (broad SMARTS) is 1. The van der Waals surface area contributed by atoms with Crippen LogP contribution in [0.2, 0.25) is 0 Å². The van der Waals surface area contributed by atoms with Crippen molar-refractivity contribution in [3.8, 4) is 0 Å². The van der Waals surface area contributed by atoms with Crippen molar-refractivity contribution in [3.63, 3.8) is 0 Å². The van der Waals surface area contributed by atoms with E-state index in [1.54, 1.807) is 5.38 Å². The molecule has 2 aliphatic rings. The van der Waals surface area contributed by atoms with Gasteiger partial charge in [0.05, 0.1) is 5.57 Å². The van der Waals surface area contributed by atoms with Crippen molar-refractivity contribution in [2.24, 2.45) is 5.16 Å². The van der Waals surface area contributed by atoms with Gasteiger partial charge in [0.25, 0.3) is 11.8 Å². The Hall–Kier alpha value is -2.31. The van der Waals surface area contributed by atoms with Gasteiger partial charge in [0.2, 0.25) is 0 Å². The van der Waals surface area contributed by atoms with Gasteiger partial charge in [-0.05, 0) is 0 Å². The Morgan fingerprint density at radius 3 is 2.85 bits per heavy atom. The van der Waals surface area contributed by atoms with Gasteiger partial charge in [-0.3, -0.25) is 9.59 Å². The maximum Gasteiger partial charge on any atom is 0.333 e. The van der Waals surface area contributed by atoms with Crippen molar-refractivity contribution in [2.45, 2.75) is 11.4 Å². The number of carbonyl (C=O) groups excluding carboxylic acids is 2. The molecule has 2 atom stereocenters. The number of hydrogen-bond donors (Lipinski definition) is 3. The van der Waals surface area contributed by atoms with Gasteiger partial charge < -0.3 is 25.9 Å². The van der Waals surface area contributed by atoms with Crippen molar-refractivity contribution in [1.82, 2.24) is 15.2 Å². The van der Waals surface area contributed by atoms with E-state index in [1.807, 2.05) is 0 Å². The number of aromatic nitrogens is 1. The van der Waals surface area contributed by atoms with Crippen LogP contribution in [0.3, 0.4) is 0 Å². The number of halogens is 1. The van der Waals surface area contributed by atoms with E-state index >= 15 is 0 Å². The molecule has 1 unspecified atom stereocenters. The number of nitrogens with zero attached hydrogens (tertiary/aromatic N) is 3. The second-order valence-corrected chi connectivity index (χ2v) is 7.05. The number of nitrogens with two attached hydrogens (primary N) is 1. The summed E-state index contributed by atoms with van der Waals surface area (Å²) in [5, 5.41) is 16.7. The van der Waals surface area contributed by atoms with Crippen molar-refractivity contribution < 1.29 is 24.3 Å². The second kappa shape index (κ2) is 7.93. The molecule has 3 rings (SSSR count). The first-order chi connectivity index (χ1) is 11.9. The molecule has 1 aromatic heterocycles. The van der Waals surface area contributed by atoms with E-state index in [1.165, 1.54) is 30.0 Å². The molecular weight excluding hydrogens is 406 g/mol. The van der Waals surface area contributed by atoms with Crippen molar-refractivity contribution >= 4 is 64.1 Å². The first-order valence-corrected chi connectivity index (χ1v) is 8.86. The third kappa shape index (κ3) is 3.61. The first kappa shape index (κ1) is 20.0. The second-order valence-electron chi connectivity index (χ2n) is 5.05. The first-order valence-electron chi connectivity index (χ1n) is 6.93. The van der Waals surface area contributed by atoms with E-state index in [2.05, 4.69) is 20.3 Å². The van der Waals surface area contributed by atoms with Crippen molar-refractivity contribution in [3.05, 3.63) is 22.8 Å². The number of fused-ring (bicyclic) bond motifs is 1. The SMILES string of the molecule is CON=C(C(=O)NC1C(=O)N2C=C(C(=O)O)CS[C@H]12)c1csc(N)n1.Cl. The van der Waals surface area contributed by atoms with E-state index in [9.17, 15) is 14.4 Å². The molecular formula is C13H14ClN5O5S2. The molecule has 0 aromatic carbocycles. The highest BCUT2D eigenvalue weighted by molar-refractivity contribution is 8.00. The zero-order chi connectivity index (χ0) is 18.1. The molecule has 0 radical (unpaired) electrons. The zero-order valence-electron chi connectivity index (χ0n) is 13.2. The van der Waals surface area contributed by atoms with Gasteiger partial charge in [0.1, 0.15) is 24.2 Å². The highest BCUT2D eigenvalue weighted by Crippen LogP contribution is 2.36. The molecule has 0 saturated carbocycles. The lowest BCUT2D eigenvalue weighted by atomic mass is 10.1. The van der Waals surface area contributed by atoms with E-state index in [-0.39, 0.29) is 51.6 Å². The van der Waals surface area contributed by atoms with Gasteiger partial charge in [-0.25, -0.2) is 9.78 Å². The van der Waals surface area contributed by atoms with Crippen molar-refractivity contribution in [1.29, 1.82) is 0 Å². The summed E-state index contributed by atoms with van der Waals surface area (Å²) in [5.74, 6) is -1.84. The summed E-state index contributed by atoms with van der Waals surface area (Å²) >= 11 is 2.41. The topological polar surface area (TPSA) is 147 Å². The predicted octanol–water partition coefficient (Wildman–Crippen LogP) is -0.134. The van der Waals surface area contributed by atoms with Crippen LogP contribution in [0.4, 0.5) is 5.13 Å². The van der Waals surface area contributed by atoms with Gasteiger partial charge in [0, 0.05) is 17.3 Å². The highest BCUT2D eigenvalue weighted by atomic mass is 35.5. The van der Waals surface area contributed by atoms with E-state index < -0.39 is 17.9 Å². The van der Waals surface area contributed by atoms with Crippen LogP contribution < -0.4 is 11.1 Å². The lowest BCUT2D eigenvalue weighted by molar-refractivity contribution is -0.144. The summed E-state index contributed by atoms with van der Waals surface area (Å²) in [4.78, 5) is 45.6. The Morgan fingerprint density at radius 2 is 2.27 bits per heavy atom. The highest BCUT2D eigenvalue weighted by Gasteiger charge is 2.50. The number of nitrogens with one attached hydrogen (secondary N) is 1. The van der Waals surface area contributed by atoms with Crippen LogP contribution in [0.15, 0.2) is 22.3 Å². The van der Waals surface area contributed by atoms with Gasteiger partial charge >= 0.3 is 5.97 Å². The maximum absolute atomic E-state index is 12.5. The number of oxime groups is 1. The van der Waals surface area contributed by atoms with Crippen LogP contribution >= 0.6 is 35.5 Å². The Balaban J connectivity index is 0.00000243. The monoisotopic (exact) mass is 419 g/mol. The minimum absolute atomic E-state index is 0. The normalized spacial score (nSPS) is 21.7. The van der Waals surface area contributed by atoms with Gasteiger partial charge in [-0.15, -0.1) is 35.5 Å². The Kier molecular flexibility index (Phi) is 6.10. The smallest absolute Gasteiger partial charge is 0.333 e. The largest absolute Gasteiger partial charge is 0.478 e. The number of thioether (sulfide) groups is 1. The summed E-state index contributed by atoms with van der Waals surface area (Å²) in [5.41, 5.74) is 5.85. The van der Waals surface area contributed by atoms with Crippen LogP contribution in [-0.2, 0) is 19.2 Å². The fourth-order valence-corrected chi connectivity index (χ4v) is 4.13. The molecule has 0 spiro atoms. The summed E-state index contributed by atoms with van der Waals surface area (Å²) in [6.07, 6.45) is 1.31. The zero-order valence-corrected chi connectivity index (χ0v) is 15.7. The third-order valence-electron chi connectivity index (χ3n) is 3.51. The van der Waals surface area contributed by atoms with Crippen LogP contribution in [-0.4, -0.2) is 62.8 Å². The lowest BCUT2D eigenvalue weighted by Crippen LogP contribution is -2.69. The van der Waals surface area contributed by atoms with Crippen molar-refractivity contribution in [2.75, 3.05) is 18.6 Å². The minimum atomic E-state index is -1.07. The molecule has 3 heterocycles. The molecule has 13 heteroatoms.